The third kappa shape index (κ3) is 3.85. The predicted molar refractivity (Wildman–Crippen MR) is 85.9 cm³/mol. The number of aryl methyl sites for hydroxylation is 1. The Bertz CT molecular complexity index is 594. The van der Waals surface area contributed by atoms with Crippen molar-refractivity contribution in [2.24, 2.45) is 17.6 Å². The van der Waals surface area contributed by atoms with E-state index in [-0.39, 0.29) is 11.8 Å². The van der Waals surface area contributed by atoms with Crippen LogP contribution in [-0.4, -0.2) is 58.1 Å². The van der Waals surface area contributed by atoms with Gasteiger partial charge in [-0.15, -0.1) is 0 Å². The Kier molecular flexibility index (Phi) is 5.01. The van der Waals surface area contributed by atoms with Crippen LogP contribution in [-0.2, 0) is 11.2 Å². The fourth-order valence-corrected chi connectivity index (χ4v) is 3.68. The second-order valence-corrected chi connectivity index (χ2v) is 6.83. The third-order valence-electron chi connectivity index (χ3n) is 5.05. The van der Waals surface area contributed by atoms with Crippen molar-refractivity contribution in [2.45, 2.75) is 39.0 Å². The number of nitrogens with zero attached hydrogens (tertiary/aromatic N) is 4. The molecule has 3 amide bonds. The molecule has 1 atom stereocenters. The molecule has 3 heterocycles. The van der Waals surface area contributed by atoms with Gasteiger partial charge in [0.1, 0.15) is 0 Å². The Morgan fingerprint density at radius 2 is 1.96 bits per heavy atom. The topological polar surface area (TPSA) is 106 Å². The molecule has 0 aliphatic carbocycles. The first-order valence-corrected chi connectivity index (χ1v) is 8.65. The van der Waals surface area contributed by atoms with Gasteiger partial charge in [0.15, 0.2) is 5.82 Å². The van der Waals surface area contributed by atoms with Crippen molar-refractivity contribution >= 4 is 11.9 Å². The third-order valence-corrected chi connectivity index (χ3v) is 5.05. The molecular weight excluding hydrogens is 310 g/mol. The molecule has 2 fully saturated rings. The van der Waals surface area contributed by atoms with Gasteiger partial charge in [-0.3, -0.25) is 4.79 Å². The standard InChI is InChI=1S/C16H25N5O3/c1-11-18-14(19-24-11)9-12-4-7-20(8-5-12)15(22)13-3-2-6-21(10-13)16(17)23/h12-13H,2-10H2,1H3,(H2,17,23)/t13-/m1/s1. The van der Waals surface area contributed by atoms with Crippen molar-refractivity contribution in [3.63, 3.8) is 0 Å². The smallest absolute Gasteiger partial charge is 0.314 e. The van der Waals surface area contributed by atoms with Gasteiger partial charge in [-0.2, -0.15) is 4.98 Å². The van der Waals surface area contributed by atoms with Gasteiger partial charge in [0.2, 0.25) is 11.8 Å². The molecule has 1 aromatic heterocycles. The van der Waals surface area contributed by atoms with E-state index in [1.54, 1.807) is 11.8 Å². The van der Waals surface area contributed by atoms with E-state index in [4.69, 9.17) is 10.3 Å². The van der Waals surface area contributed by atoms with Crippen LogP contribution in [0.3, 0.4) is 0 Å². The van der Waals surface area contributed by atoms with Gasteiger partial charge in [0, 0.05) is 39.5 Å². The molecule has 3 rings (SSSR count). The van der Waals surface area contributed by atoms with Crippen molar-refractivity contribution in [1.82, 2.24) is 19.9 Å². The maximum atomic E-state index is 12.7. The zero-order valence-corrected chi connectivity index (χ0v) is 14.1. The number of nitrogens with two attached hydrogens (primary N) is 1. The van der Waals surface area contributed by atoms with E-state index >= 15 is 0 Å². The van der Waals surface area contributed by atoms with E-state index in [0.717, 1.165) is 51.0 Å². The monoisotopic (exact) mass is 335 g/mol. The number of urea groups is 1. The van der Waals surface area contributed by atoms with E-state index < -0.39 is 6.03 Å². The molecule has 2 aliphatic rings. The second-order valence-electron chi connectivity index (χ2n) is 6.83. The highest BCUT2D eigenvalue weighted by atomic mass is 16.5. The highest BCUT2D eigenvalue weighted by Gasteiger charge is 2.32. The summed E-state index contributed by atoms with van der Waals surface area (Å²) in [6, 6.07) is -0.429. The Morgan fingerprint density at radius 1 is 1.21 bits per heavy atom. The average Bonchev–Trinajstić information content (AvgIpc) is 3.00. The van der Waals surface area contributed by atoms with E-state index in [1.807, 2.05) is 4.90 Å². The van der Waals surface area contributed by atoms with Gasteiger partial charge >= 0.3 is 6.03 Å². The van der Waals surface area contributed by atoms with Crippen molar-refractivity contribution < 1.29 is 14.1 Å². The molecule has 1 aromatic rings. The highest BCUT2D eigenvalue weighted by Crippen LogP contribution is 2.24. The van der Waals surface area contributed by atoms with Crippen molar-refractivity contribution in [3.8, 4) is 0 Å². The first-order valence-electron chi connectivity index (χ1n) is 8.65. The lowest BCUT2D eigenvalue weighted by molar-refractivity contribution is -0.138. The quantitative estimate of drug-likeness (QED) is 0.885. The average molecular weight is 335 g/mol. The number of likely N-dealkylation sites (tertiary alicyclic amines) is 2. The molecule has 2 saturated heterocycles. The minimum Gasteiger partial charge on any atom is -0.351 e. The van der Waals surface area contributed by atoms with E-state index in [9.17, 15) is 9.59 Å². The molecule has 0 bridgehead atoms. The maximum absolute atomic E-state index is 12.7. The summed E-state index contributed by atoms with van der Waals surface area (Å²) in [5.41, 5.74) is 5.34. The SMILES string of the molecule is Cc1nc(CC2CCN(C(=O)[C@@H]3CCCN(C(N)=O)C3)CC2)no1. The summed E-state index contributed by atoms with van der Waals surface area (Å²) < 4.78 is 5.01. The van der Waals surface area contributed by atoms with Crippen LogP contribution in [0.4, 0.5) is 4.79 Å². The van der Waals surface area contributed by atoms with Crippen LogP contribution in [0.25, 0.3) is 0 Å². The Hall–Kier alpha value is -2.12. The van der Waals surface area contributed by atoms with Crippen LogP contribution in [0.2, 0.25) is 0 Å². The second kappa shape index (κ2) is 7.19. The van der Waals surface area contributed by atoms with E-state index in [1.165, 1.54) is 0 Å². The summed E-state index contributed by atoms with van der Waals surface area (Å²) in [7, 11) is 0. The summed E-state index contributed by atoms with van der Waals surface area (Å²) in [6.45, 7) is 4.42. The normalized spacial score (nSPS) is 22.6. The first-order chi connectivity index (χ1) is 11.5. The highest BCUT2D eigenvalue weighted by molar-refractivity contribution is 5.80. The first kappa shape index (κ1) is 16.7. The summed E-state index contributed by atoms with van der Waals surface area (Å²) in [4.78, 5) is 31.8. The van der Waals surface area contributed by atoms with Crippen LogP contribution in [0, 0.1) is 18.8 Å². The largest absolute Gasteiger partial charge is 0.351 e. The molecule has 132 valence electrons. The zero-order chi connectivity index (χ0) is 17.1. The summed E-state index contributed by atoms with van der Waals surface area (Å²) in [6.07, 6.45) is 4.38. The number of carbonyl (C=O) groups is 2. The van der Waals surface area contributed by atoms with Gasteiger partial charge in [0.25, 0.3) is 0 Å². The molecule has 0 unspecified atom stereocenters. The molecule has 8 nitrogen and oxygen atoms in total. The minimum atomic E-state index is -0.429. The predicted octanol–water partition coefficient (Wildman–Crippen LogP) is 0.950. The number of piperidine rings is 2. The fraction of sp³-hybridized carbons (Fsp3) is 0.750. The Labute approximate surface area is 141 Å². The van der Waals surface area contributed by atoms with Gasteiger partial charge in [-0.25, -0.2) is 4.79 Å². The Balaban J connectivity index is 1.49. The molecule has 24 heavy (non-hydrogen) atoms. The van der Waals surface area contributed by atoms with Crippen LogP contribution in [0.1, 0.15) is 37.4 Å². The molecule has 0 aromatic carbocycles. The summed E-state index contributed by atoms with van der Waals surface area (Å²) in [5.74, 6) is 1.88. The number of aromatic nitrogens is 2. The molecular formula is C16H25N5O3. The zero-order valence-electron chi connectivity index (χ0n) is 14.1. The van der Waals surface area contributed by atoms with Gasteiger partial charge in [-0.05, 0) is 31.6 Å². The number of hydrogen-bond acceptors (Lipinski definition) is 5. The lowest BCUT2D eigenvalue weighted by Crippen LogP contribution is -2.49. The lowest BCUT2D eigenvalue weighted by atomic mass is 9.91. The van der Waals surface area contributed by atoms with E-state index in [2.05, 4.69) is 10.1 Å². The Morgan fingerprint density at radius 3 is 2.58 bits per heavy atom. The summed E-state index contributed by atoms with van der Waals surface area (Å²) >= 11 is 0. The van der Waals surface area contributed by atoms with Gasteiger partial charge in [-0.1, -0.05) is 5.16 Å². The van der Waals surface area contributed by atoms with Crippen molar-refractivity contribution in [1.29, 1.82) is 0 Å². The van der Waals surface area contributed by atoms with Crippen LogP contribution >= 0.6 is 0 Å². The van der Waals surface area contributed by atoms with Crippen molar-refractivity contribution in [3.05, 3.63) is 11.7 Å². The number of rotatable bonds is 3. The minimum absolute atomic E-state index is 0.109. The van der Waals surface area contributed by atoms with Crippen LogP contribution < -0.4 is 5.73 Å². The number of hydrogen-bond donors (Lipinski definition) is 1. The van der Waals surface area contributed by atoms with Crippen LogP contribution in [0.5, 0.6) is 0 Å². The van der Waals surface area contributed by atoms with Gasteiger partial charge in [0.05, 0.1) is 5.92 Å². The number of carbonyl (C=O) groups excluding carboxylic acids is 2. The molecule has 0 saturated carbocycles. The number of primary amides is 1. The van der Waals surface area contributed by atoms with Gasteiger partial charge < -0.3 is 20.1 Å². The van der Waals surface area contributed by atoms with Crippen LogP contribution in [0.15, 0.2) is 4.52 Å². The summed E-state index contributed by atoms with van der Waals surface area (Å²) in [5, 5.41) is 3.95. The lowest BCUT2D eigenvalue weighted by Gasteiger charge is -2.37. The van der Waals surface area contributed by atoms with Crippen molar-refractivity contribution in [2.75, 3.05) is 26.2 Å². The molecule has 0 spiro atoms. The van der Waals surface area contributed by atoms with E-state index in [0.29, 0.717) is 24.9 Å². The fourth-order valence-electron chi connectivity index (χ4n) is 3.68. The molecule has 2 N–H and O–H groups in total. The maximum Gasteiger partial charge on any atom is 0.314 e. The molecule has 8 heteroatoms. The molecule has 2 aliphatic heterocycles. The number of amides is 3. The molecule has 0 radical (unpaired) electrons.